The molecule has 0 aromatic carbocycles. The Bertz CT molecular complexity index is 40.8. The van der Waals surface area contributed by atoms with Gasteiger partial charge in [-0.05, 0) is 0 Å². The van der Waals surface area contributed by atoms with Crippen molar-refractivity contribution in [1.29, 1.82) is 0 Å². The predicted molar refractivity (Wildman–Crippen MR) is 20.8 cm³/mol. The van der Waals surface area contributed by atoms with Crippen LogP contribution in [0, 0.1) is 0 Å². The molecule has 6 heavy (non-hydrogen) atoms. The van der Waals surface area contributed by atoms with Gasteiger partial charge in [-0.15, -0.1) is 0 Å². The van der Waals surface area contributed by atoms with Crippen LogP contribution >= 0.6 is 0 Å². The van der Waals surface area contributed by atoms with E-state index in [2.05, 4.69) is 3.46 Å². The summed E-state index contributed by atoms with van der Waals surface area (Å²) in [6.07, 6.45) is 2.87. The Hall–Kier alpha value is 0.648. The Morgan fingerprint density at radius 3 is 1.83 bits per heavy atom. The number of hydrogen-bond donors (Lipinski definition) is 0. The van der Waals surface area contributed by atoms with Gasteiger partial charge in [0.2, 0.25) is 0 Å². The van der Waals surface area contributed by atoms with Gasteiger partial charge >= 0.3 is 49.5 Å². The van der Waals surface area contributed by atoms with Crippen molar-refractivity contribution in [1.82, 2.24) is 3.46 Å². The van der Waals surface area contributed by atoms with Crippen LogP contribution in [0.2, 0.25) is 0 Å². The molecular weight excluding hydrogens is 246 g/mol. The quantitative estimate of drug-likeness (QED) is 0.610. The van der Waals surface area contributed by atoms with Crippen molar-refractivity contribution in [3.63, 3.8) is 0 Å². The molecule has 1 aliphatic heterocycles. The van der Waals surface area contributed by atoms with Crippen LogP contribution in [-0.2, 0) is 20.1 Å². The fourth-order valence-electron chi connectivity index (χ4n) is 0.688. The molecule has 0 atom stereocenters. The van der Waals surface area contributed by atoms with Crippen LogP contribution in [0.4, 0.5) is 0 Å². The monoisotopic (exact) mass is 254 g/mol. The summed E-state index contributed by atoms with van der Waals surface area (Å²) in [4.78, 5) is 0. The van der Waals surface area contributed by atoms with E-state index in [4.69, 9.17) is 0 Å². The van der Waals surface area contributed by atoms with Crippen molar-refractivity contribution in [2.45, 2.75) is 12.8 Å². The second-order valence-electron chi connectivity index (χ2n) is 1.64. The average molecular weight is 254 g/mol. The van der Waals surface area contributed by atoms with E-state index < -0.39 is 0 Å². The van der Waals surface area contributed by atoms with E-state index in [-0.39, 0.29) is 0 Å². The fraction of sp³-hybridized carbons (Fsp3) is 1.00. The third-order valence-electron chi connectivity index (χ3n) is 1.07. The molecule has 0 bridgehead atoms. The normalized spacial score (nSPS) is 25.3. The minimum atomic E-state index is 1.36. The Morgan fingerprint density at radius 1 is 1.17 bits per heavy atom. The molecule has 1 aliphatic rings. The van der Waals surface area contributed by atoms with Gasteiger partial charge in [0, 0.05) is 0 Å². The third-order valence-corrected chi connectivity index (χ3v) is 2.38. The molecule has 1 saturated heterocycles. The molecule has 2 heteroatoms. The summed E-state index contributed by atoms with van der Waals surface area (Å²) >= 11 is 1.64. The predicted octanol–water partition coefficient (Wildman–Crippen LogP) is 0.544. The second-order valence-corrected chi connectivity index (χ2v) is 3.49. The Kier molecular flexibility index (Phi) is 1.67. The van der Waals surface area contributed by atoms with Gasteiger partial charge in [-0.25, -0.2) is 0 Å². The topological polar surface area (TPSA) is 3.24 Å². The van der Waals surface area contributed by atoms with E-state index >= 15 is 0 Å². The average Bonchev–Trinajstić information content (AvgIpc) is 1.86. The van der Waals surface area contributed by atoms with Gasteiger partial charge in [0.1, 0.15) is 0 Å². The van der Waals surface area contributed by atoms with Gasteiger partial charge in [0.25, 0.3) is 0 Å². The molecule has 1 rings (SSSR count). The van der Waals surface area contributed by atoms with E-state index in [0.717, 1.165) is 0 Å². The molecular formula is C4H8NW. The van der Waals surface area contributed by atoms with Crippen LogP contribution < -0.4 is 0 Å². The van der Waals surface area contributed by atoms with Crippen LogP contribution in [0.3, 0.4) is 0 Å². The zero-order chi connectivity index (χ0) is 4.41. The van der Waals surface area contributed by atoms with Crippen molar-refractivity contribution in [3.8, 4) is 0 Å². The summed E-state index contributed by atoms with van der Waals surface area (Å²) < 4.78 is 2.44. The molecule has 1 heterocycles. The van der Waals surface area contributed by atoms with Crippen LogP contribution in [0.25, 0.3) is 0 Å². The standard InChI is InChI=1S/C4H8N.W/c1-2-4-5-3-1;/h1-4H2;/q-1;+1. The van der Waals surface area contributed by atoms with E-state index in [1.54, 1.807) is 20.1 Å². The zero-order valence-corrected chi connectivity index (χ0v) is 6.62. The molecule has 0 N–H and O–H groups in total. The van der Waals surface area contributed by atoms with Crippen molar-refractivity contribution in [2.75, 3.05) is 13.1 Å². The molecule has 0 amide bonds. The minimum absolute atomic E-state index is 1.36. The SMILES string of the molecule is [W][N]1CCCC1. The van der Waals surface area contributed by atoms with Crippen molar-refractivity contribution in [3.05, 3.63) is 0 Å². The molecule has 1 fully saturated rings. The number of hydrogen-bond acceptors (Lipinski definition) is 1. The summed E-state index contributed by atoms with van der Waals surface area (Å²) in [6.45, 7) is 2.71. The first-order chi connectivity index (χ1) is 2.89. The van der Waals surface area contributed by atoms with E-state index in [1.807, 2.05) is 0 Å². The summed E-state index contributed by atoms with van der Waals surface area (Å²) in [7, 11) is 0. The van der Waals surface area contributed by atoms with Crippen molar-refractivity contribution >= 4 is 0 Å². The molecule has 35 valence electrons. The van der Waals surface area contributed by atoms with Crippen molar-refractivity contribution in [2.24, 2.45) is 0 Å². The van der Waals surface area contributed by atoms with E-state index in [9.17, 15) is 0 Å². The van der Waals surface area contributed by atoms with Crippen LogP contribution in [0.1, 0.15) is 12.8 Å². The molecule has 0 unspecified atom stereocenters. The van der Waals surface area contributed by atoms with Crippen LogP contribution in [0.5, 0.6) is 0 Å². The summed E-state index contributed by atoms with van der Waals surface area (Å²) in [5.41, 5.74) is 0. The summed E-state index contributed by atoms with van der Waals surface area (Å²) in [5, 5.41) is 0. The van der Waals surface area contributed by atoms with Crippen LogP contribution in [0.15, 0.2) is 0 Å². The van der Waals surface area contributed by atoms with Gasteiger partial charge in [-0.1, -0.05) is 0 Å². The molecule has 0 radical (unpaired) electrons. The molecule has 0 aromatic heterocycles. The zero-order valence-electron chi connectivity index (χ0n) is 3.68. The molecule has 0 spiro atoms. The van der Waals surface area contributed by atoms with Gasteiger partial charge in [-0.3, -0.25) is 0 Å². The van der Waals surface area contributed by atoms with Gasteiger partial charge < -0.3 is 0 Å². The van der Waals surface area contributed by atoms with Gasteiger partial charge in [-0.2, -0.15) is 0 Å². The summed E-state index contributed by atoms with van der Waals surface area (Å²) in [6, 6.07) is 0. The third kappa shape index (κ3) is 1.06. The van der Waals surface area contributed by atoms with Gasteiger partial charge in [0.05, 0.1) is 0 Å². The van der Waals surface area contributed by atoms with E-state index in [1.165, 1.54) is 25.9 Å². The first-order valence-corrected chi connectivity index (χ1v) is 3.63. The van der Waals surface area contributed by atoms with E-state index in [0.29, 0.717) is 0 Å². The Morgan fingerprint density at radius 2 is 1.67 bits per heavy atom. The molecule has 1 nitrogen and oxygen atoms in total. The Balaban J connectivity index is 2.18. The number of rotatable bonds is 0. The first-order valence-electron chi connectivity index (χ1n) is 2.32. The molecule has 0 aromatic rings. The number of nitrogens with zero attached hydrogens (tertiary/aromatic N) is 1. The maximum absolute atomic E-state index is 2.44. The summed E-state index contributed by atoms with van der Waals surface area (Å²) in [5.74, 6) is 0. The Labute approximate surface area is 49.9 Å². The molecule has 0 saturated carbocycles. The second kappa shape index (κ2) is 2.09. The van der Waals surface area contributed by atoms with Crippen LogP contribution in [-0.4, -0.2) is 16.5 Å². The maximum atomic E-state index is 2.44. The van der Waals surface area contributed by atoms with Gasteiger partial charge in [0.15, 0.2) is 0 Å². The molecule has 0 aliphatic carbocycles. The van der Waals surface area contributed by atoms with Crippen molar-refractivity contribution < 1.29 is 20.1 Å². The first kappa shape index (κ1) is 4.80. The fourth-order valence-corrected chi connectivity index (χ4v) is 1.62.